The highest BCUT2D eigenvalue weighted by Gasteiger charge is 2.37. The Kier molecular flexibility index (Phi) is 9.46. The molecule has 0 saturated carbocycles. The van der Waals surface area contributed by atoms with Crippen LogP contribution >= 0.6 is 0 Å². The van der Waals surface area contributed by atoms with Crippen molar-refractivity contribution in [1.82, 2.24) is 0 Å². The van der Waals surface area contributed by atoms with Crippen molar-refractivity contribution in [3.63, 3.8) is 0 Å². The summed E-state index contributed by atoms with van der Waals surface area (Å²) < 4.78 is 26.7. The van der Waals surface area contributed by atoms with Crippen LogP contribution in [-0.2, 0) is 22.4 Å². The molecule has 4 atom stereocenters. The lowest BCUT2D eigenvalue weighted by molar-refractivity contribution is -0.141. The summed E-state index contributed by atoms with van der Waals surface area (Å²) in [5.74, 6) is -0.658. The maximum Gasteiger partial charge on any atom is 0.309 e. The highest BCUT2D eigenvalue weighted by molar-refractivity contribution is 5.75. The largest absolute Gasteiger partial charge is 0.504 e. The molecule has 1 aliphatic heterocycles. The fraction of sp³-hybridized carbons (Fsp3) is 0.387. The van der Waals surface area contributed by atoms with Gasteiger partial charge in [0.15, 0.2) is 34.5 Å². The molecular weight excluding hydrogens is 532 g/mol. The van der Waals surface area contributed by atoms with Gasteiger partial charge in [-0.1, -0.05) is 18.2 Å². The van der Waals surface area contributed by atoms with Crippen LogP contribution in [-0.4, -0.2) is 68.0 Å². The van der Waals surface area contributed by atoms with E-state index in [2.05, 4.69) is 0 Å². The van der Waals surface area contributed by atoms with Crippen molar-refractivity contribution < 1.29 is 48.9 Å². The summed E-state index contributed by atoms with van der Waals surface area (Å²) in [6, 6.07) is 13.3. The standard InChI is InChI=1S/C31H36O10/c1-37-25-8-5-17(12-27(25)39-3)9-20-16-41-31(36)21(20)10-18-11-22(30(35)28(13-18)40-4)23(15-32)29(34)19-6-7-24(33)26(14-19)38-2/h5-8,11-14,20-21,23,29,32-35H,9-10,15-16H2,1-4H3/t20-,21+,23+,29-/m0/s1. The molecule has 1 heterocycles. The van der Waals surface area contributed by atoms with Gasteiger partial charge in [-0.3, -0.25) is 4.79 Å². The van der Waals surface area contributed by atoms with E-state index < -0.39 is 24.5 Å². The number of phenolic OH excluding ortho intramolecular Hbond substituents is 2. The van der Waals surface area contributed by atoms with Gasteiger partial charge in [0, 0.05) is 17.4 Å². The van der Waals surface area contributed by atoms with E-state index in [-0.39, 0.29) is 47.1 Å². The minimum atomic E-state index is -1.25. The third kappa shape index (κ3) is 6.28. The van der Waals surface area contributed by atoms with Gasteiger partial charge in [0.2, 0.25) is 0 Å². The number of aromatic hydroxyl groups is 2. The van der Waals surface area contributed by atoms with Gasteiger partial charge in [-0.25, -0.2) is 0 Å². The fourth-order valence-electron chi connectivity index (χ4n) is 5.34. The minimum Gasteiger partial charge on any atom is -0.504 e. The van der Waals surface area contributed by atoms with Gasteiger partial charge < -0.3 is 44.1 Å². The lowest BCUT2D eigenvalue weighted by Gasteiger charge is -2.25. The summed E-state index contributed by atoms with van der Waals surface area (Å²) in [5, 5.41) is 42.4. The Hall–Kier alpha value is -4.15. The predicted molar refractivity (Wildman–Crippen MR) is 149 cm³/mol. The van der Waals surface area contributed by atoms with Crippen LogP contribution in [0.15, 0.2) is 48.5 Å². The quantitative estimate of drug-likeness (QED) is 0.240. The number of hydrogen-bond donors (Lipinski definition) is 4. The van der Waals surface area contributed by atoms with E-state index in [4.69, 9.17) is 23.7 Å². The fourth-order valence-corrected chi connectivity index (χ4v) is 5.34. The number of cyclic esters (lactones) is 1. The second kappa shape index (κ2) is 13.0. The molecule has 1 aliphatic rings. The van der Waals surface area contributed by atoms with Crippen LogP contribution in [0.1, 0.15) is 34.3 Å². The van der Waals surface area contributed by atoms with E-state index in [1.807, 2.05) is 18.2 Å². The highest BCUT2D eigenvalue weighted by atomic mass is 16.5. The van der Waals surface area contributed by atoms with Gasteiger partial charge in [-0.15, -0.1) is 0 Å². The first kappa shape index (κ1) is 29.8. The van der Waals surface area contributed by atoms with Gasteiger partial charge in [0.05, 0.1) is 53.7 Å². The maximum absolute atomic E-state index is 12.8. The Morgan fingerprint density at radius 1 is 0.829 bits per heavy atom. The summed E-state index contributed by atoms with van der Waals surface area (Å²) in [5.41, 5.74) is 2.26. The molecule has 3 aromatic rings. The van der Waals surface area contributed by atoms with Crippen molar-refractivity contribution in [2.24, 2.45) is 11.8 Å². The molecule has 0 spiro atoms. The molecule has 41 heavy (non-hydrogen) atoms. The van der Waals surface area contributed by atoms with Crippen molar-refractivity contribution in [3.8, 4) is 34.5 Å². The summed E-state index contributed by atoms with van der Waals surface area (Å²) in [7, 11) is 5.93. The van der Waals surface area contributed by atoms with Crippen LogP contribution in [0.2, 0.25) is 0 Å². The third-order valence-electron chi connectivity index (χ3n) is 7.62. The Morgan fingerprint density at radius 3 is 2.17 bits per heavy atom. The van der Waals surface area contributed by atoms with Gasteiger partial charge in [-0.05, 0) is 59.9 Å². The number of benzene rings is 3. The van der Waals surface area contributed by atoms with Crippen LogP contribution in [0.4, 0.5) is 0 Å². The lowest BCUT2D eigenvalue weighted by Crippen LogP contribution is -2.21. The monoisotopic (exact) mass is 568 g/mol. The van der Waals surface area contributed by atoms with Crippen molar-refractivity contribution in [2.75, 3.05) is 41.7 Å². The van der Waals surface area contributed by atoms with Crippen molar-refractivity contribution in [2.45, 2.75) is 24.9 Å². The second-order valence-electron chi connectivity index (χ2n) is 10.00. The number of methoxy groups -OCH3 is 4. The summed E-state index contributed by atoms with van der Waals surface area (Å²) in [6.45, 7) is -0.238. The Balaban J connectivity index is 1.63. The molecule has 0 bridgehead atoms. The van der Waals surface area contributed by atoms with Crippen LogP contribution in [0.5, 0.6) is 34.5 Å². The van der Waals surface area contributed by atoms with Crippen LogP contribution in [0.25, 0.3) is 0 Å². The van der Waals surface area contributed by atoms with Crippen LogP contribution in [0.3, 0.4) is 0 Å². The van der Waals surface area contributed by atoms with E-state index in [1.165, 1.54) is 32.4 Å². The van der Waals surface area contributed by atoms with Gasteiger partial charge in [0.25, 0.3) is 0 Å². The normalized spacial score (nSPS) is 18.0. The average molecular weight is 569 g/mol. The number of hydrogen-bond acceptors (Lipinski definition) is 10. The van der Waals surface area contributed by atoms with Crippen molar-refractivity contribution >= 4 is 5.97 Å². The summed E-state index contributed by atoms with van der Waals surface area (Å²) >= 11 is 0. The topological polar surface area (TPSA) is 144 Å². The Morgan fingerprint density at radius 2 is 1.51 bits per heavy atom. The number of ether oxygens (including phenoxy) is 5. The molecule has 0 aromatic heterocycles. The molecule has 10 heteroatoms. The molecule has 1 saturated heterocycles. The zero-order valence-corrected chi connectivity index (χ0v) is 23.5. The molecule has 4 rings (SSSR count). The number of carbonyl (C=O) groups excluding carboxylic acids is 1. The SMILES string of the molecule is COc1cc([C@H](O)[C@H](CO)c2cc(C[C@H]3C(=O)OC[C@@H]3Cc3ccc(OC)c(OC)c3)cc(OC)c2O)ccc1O. The maximum atomic E-state index is 12.8. The first-order valence-corrected chi connectivity index (χ1v) is 13.2. The van der Waals surface area contributed by atoms with Gasteiger partial charge in [-0.2, -0.15) is 0 Å². The second-order valence-corrected chi connectivity index (χ2v) is 10.00. The number of esters is 1. The molecule has 1 fully saturated rings. The highest BCUT2D eigenvalue weighted by Crippen LogP contribution is 2.43. The molecule has 0 amide bonds. The Bertz CT molecular complexity index is 1370. The van der Waals surface area contributed by atoms with E-state index in [9.17, 15) is 25.2 Å². The number of phenols is 2. The molecule has 220 valence electrons. The average Bonchev–Trinajstić information content (AvgIpc) is 3.32. The first-order chi connectivity index (χ1) is 19.7. The molecule has 0 radical (unpaired) electrons. The zero-order valence-electron chi connectivity index (χ0n) is 23.5. The number of rotatable bonds is 12. The van der Waals surface area contributed by atoms with Gasteiger partial charge in [0.1, 0.15) is 0 Å². The minimum absolute atomic E-state index is 0.0957. The van der Waals surface area contributed by atoms with Crippen molar-refractivity contribution in [3.05, 3.63) is 70.8 Å². The van der Waals surface area contributed by atoms with E-state index in [1.54, 1.807) is 26.4 Å². The molecule has 10 nitrogen and oxygen atoms in total. The summed E-state index contributed by atoms with van der Waals surface area (Å²) in [4.78, 5) is 12.8. The number of carbonyl (C=O) groups is 1. The Labute approximate surface area is 238 Å². The third-order valence-corrected chi connectivity index (χ3v) is 7.62. The van der Waals surface area contributed by atoms with E-state index >= 15 is 0 Å². The van der Waals surface area contributed by atoms with Crippen molar-refractivity contribution in [1.29, 1.82) is 0 Å². The molecule has 0 aliphatic carbocycles. The predicted octanol–water partition coefficient (Wildman–Crippen LogP) is 3.52. The smallest absolute Gasteiger partial charge is 0.309 e. The number of aliphatic hydroxyl groups excluding tert-OH is 2. The first-order valence-electron chi connectivity index (χ1n) is 13.2. The molecule has 4 N–H and O–H groups in total. The van der Waals surface area contributed by atoms with Crippen LogP contribution < -0.4 is 18.9 Å². The van der Waals surface area contributed by atoms with E-state index in [0.717, 1.165) is 5.56 Å². The zero-order chi connectivity index (χ0) is 29.7. The molecule has 3 aromatic carbocycles. The van der Waals surface area contributed by atoms with Gasteiger partial charge >= 0.3 is 5.97 Å². The molecular formula is C31H36O10. The molecule has 0 unspecified atom stereocenters. The van der Waals surface area contributed by atoms with E-state index in [0.29, 0.717) is 35.5 Å². The van der Waals surface area contributed by atoms with Crippen LogP contribution in [0, 0.1) is 11.8 Å². The summed E-state index contributed by atoms with van der Waals surface area (Å²) in [6.07, 6.45) is -0.393. The number of aliphatic hydroxyl groups is 2. The lowest BCUT2D eigenvalue weighted by atomic mass is 9.83.